The molecule has 6 heteroatoms. The molecule has 1 aliphatic heterocycles. The standard InChI is InChI=1S/C15H22N4O2/c1-16-8-10-18(2)14(20)12-5-3-6-13(11-12)19-9-4-7-17-15(19)21/h3,5-6,11,16H,4,7-10H2,1-2H3,(H,17,21). The molecule has 0 saturated carbocycles. The number of likely N-dealkylation sites (N-methyl/N-ethyl adjacent to an activating group) is 2. The van der Waals surface area contributed by atoms with Crippen molar-refractivity contribution in [1.82, 2.24) is 15.5 Å². The van der Waals surface area contributed by atoms with Gasteiger partial charge in [0.05, 0.1) is 0 Å². The molecule has 1 aliphatic rings. The Morgan fingerprint density at radius 3 is 3.00 bits per heavy atom. The van der Waals surface area contributed by atoms with Crippen molar-refractivity contribution in [2.45, 2.75) is 6.42 Å². The van der Waals surface area contributed by atoms with Gasteiger partial charge in [0.25, 0.3) is 5.91 Å². The number of rotatable bonds is 5. The third kappa shape index (κ3) is 3.72. The fraction of sp³-hybridized carbons (Fsp3) is 0.467. The van der Waals surface area contributed by atoms with Crippen LogP contribution in [-0.4, -0.2) is 57.1 Å². The Hall–Kier alpha value is -2.08. The number of hydrogen-bond acceptors (Lipinski definition) is 3. The molecular weight excluding hydrogens is 268 g/mol. The highest BCUT2D eigenvalue weighted by molar-refractivity contribution is 5.97. The second-order valence-corrected chi connectivity index (χ2v) is 5.12. The topological polar surface area (TPSA) is 64.7 Å². The van der Waals surface area contributed by atoms with Gasteiger partial charge in [0.2, 0.25) is 0 Å². The first-order valence-corrected chi connectivity index (χ1v) is 7.19. The summed E-state index contributed by atoms with van der Waals surface area (Å²) in [5.41, 5.74) is 1.37. The van der Waals surface area contributed by atoms with E-state index in [0.29, 0.717) is 25.2 Å². The molecule has 0 bridgehead atoms. The van der Waals surface area contributed by atoms with E-state index in [1.54, 1.807) is 29.0 Å². The van der Waals surface area contributed by atoms with E-state index in [1.165, 1.54) is 0 Å². The van der Waals surface area contributed by atoms with Gasteiger partial charge in [-0.2, -0.15) is 0 Å². The average molecular weight is 290 g/mol. The highest BCUT2D eigenvalue weighted by Gasteiger charge is 2.20. The van der Waals surface area contributed by atoms with Crippen LogP contribution in [0.1, 0.15) is 16.8 Å². The second-order valence-electron chi connectivity index (χ2n) is 5.12. The summed E-state index contributed by atoms with van der Waals surface area (Å²) in [5, 5.41) is 5.83. The molecular formula is C15H22N4O2. The van der Waals surface area contributed by atoms with Gasteiger partial charge in [0.1, 0.15) is 0 Å². The van der Waals surface area contributed by atoms with Crippen LogP contribution < -0.4 is 15.5 Å². The highest BCUT2D eigenvalue weighted by Crippen LogP contribution is 2.19. The van der Waals surface area contributed by atoms with Gasteiger partial charge in [-0.3, -0.25) is 9.69 Å². The van der Waals surface area contributed by atoms with Crippen LogP contribution >= 0.6 is 0 Å². The lowest BCUT2D eigenvalue weighted by Crippen LogP contribution is -2.46. The van der Waals surface area contributed by atoms with Crippen molar-refractivity contribution in [1.29, 1.82) is 0 Å². The molecule has 1 aromatic rings. The first-order chi connectivity index (χ1) is 10.1. The van der Waals surface area contributed by atoms with Crippen LogP contribution in [0.5, 0.6) is 0 Å². The Balaban J connectivity index is 2.13. The zero-order valence-electron chi connectivity index (χ0n) is 12.6. The summed E-state index contributed by atoms with van der Waals surface area (Å²) in [7, 11) is 3.63. The quantitative estimate of drug-likeness (QED) is 0.847. The maximum Gasteiger partial charge on any atom is 0.321 e. The van der Waals surface area contributed by atoms with Gasteiger partial charge in [0.15, 0.2) is 0 Å². The molecule has 1 aromatic carbocycles. The van der Waals surface area contributed by atoms with Gasteiger partial charge in [-0.15, -0.1) is 0 Å². The Labute approximate surface area is 125 Å². The van der Waals surface area contributed by atoms with E-state index in [9.17, 15) is 9.59 Å². The molecule has 2 N–H and O–H groups in total. The van der Waals surface area contributed by atoms with Crippen LogP contribution in [0, 0.1) is 0 Å². The van der Waals surface area contributed by atoms with Crippen LogP contribution in [0.2, 0.25) is 0 Å². The lowest BCUT2D eigenvalue weighted by molar-refractivity contribution is 0.0797. The number of carbonyl (C=O) groups is 2. The van der Waals surface area contributed by atoms with Gasteiger partial charge >= 0.3 is 6.03 Å². The summed E-state index contributed by atoms with van der Waals surface area (Å²) < 4.78 is 0. The van der Waals surface area contributed by atoms with Crippen LogP contribution in [0.15, 0.2) is 24.3 Å². The summed E-state index contributed by atoms with van der Waals surface area (Å²) in [6.45, 7) is 2.78. The predicted molar refractivity (Wildman–Crippen MR) is 82.7 cm³/mol. The Morgan fingerprint density at radius 2 is 2.29 bits per heavy atom. The van der Waals surface area contributed by atoms with E-state index in [1.807, 2.05) is 19.2 Å². The number of benzene rings is 1. The van der Waals surface area contributed by atoms with Gasteiger partial charge in [-0.1, -0.05) is 6.07 Å². The Kier molecular flexibility index (Phi) is 5.16. The monoisotopic (exact) mass is 290 g/mol. The normalized spacial score (nSPS) is 14.8. The summed E-state index contributed by atoms with van der Waals surface area (Å²) >= 11 is 0. The van der Waals surface area contributed by atoms with Gasteiger partial charge in [-0.05, 0) is 31.7 Å². The number of carbonyl (C=O) groups excluding carboxylic acids is 2. The van der Waals surface area contributed by atoms with Crippen molar-refractivity contribution < 1.29 is 9.59 Å². The number of anilines is 1. The van der Waals surface area contributed by atoms with E-state index >= 15 is 0 Å². The smallest absolute Gasteiger partial charge is 0.321 e. The predicted octanol–water partition coefficient (Wildman–Crippen LogP) is 0.898. The molecule has 6 nitrogen and oxygen atoms in total. The van der Waals surface area contributed by atoms with Crippen molar-refractivity contribution in [2.24, 2.45) is 0 Å². The van der Waals surface area contributed by atoms with E-state index in [-0.39, 0.29) is 11.9 Å². The summed E-state index contributed by atoms with van der Waals surface area (Å²) in [4.78, 5) is 27.6. The SMILES string of the molecule is CNCCN(C)C(=O)c1cccc(N2CCCNC2=O)c1. The fourth-order valence-electron chi connectivity index (χ4n) is 2.28. The number of nitrogens with one attached hydrogen (secondary N) is 2. The van der Waals surface area contributed by atoms with E-state index < -0.39 is 0 Å². The minimum Gasteiger partial charge on any atom is -0.340 e. The van der Waals surface area contributed by atoms with Gasteiger partial charge in [0, 0.05) is 44.5 Å². The molecule has 0 unspecified atom stereocenters. The molecule has 21 heavy (non-hydrogen) atoms. The third-order valence-electron chi connectivity index (χ3n) is 3.53. The van der Waals surface area contributed by atoms with E-state index in [0.717, 1.165) is 18.7 Å². The fourth-order valence-corrected chi connectivity index (χ4v) is 2.28. The Bertz CT molecular complexity index is 518. The minimum absolute atomic E-state index is 0.0375. The summed E-state index contributed by atoms with van der Waals surface area (Å²) in [6, 6.07) is 7.13. The van der Waals surface area contributed by atoms with E-state index in [2.05, 4.69) is 10.6 Å². The number of urea groups is 1. The molecule has 2 rings (SSSR count). The lowest BCUT2D eigenvalue weighted by atomic mass is 10.1. The molecule has 1 fully saturated rings. The molecule has 114 valence electrons. The summed E-state index contributed by atoms with van der Waals surface area (Å²) in [5.74, 6) is -0.0375. The van der Waals surface area contributed by atoms with E-state index in [4.69, 9.17) is 0 Å². The molecule has 0 aromatic heterocycles. The highest BCUT2D eigenvalue weighted by atomic mass is 16.2. The maximum absolute atomic E-state index is 12.3. The summed E-state index contributed by atoms with van der Waals surface area (Å²) in [6.07, 6.45) is 0.909. The first kappa shape index (κ1) is 15.3. The largest absolute Gasteiger partial charge is 0.340 e. The lowest BCUT2D eigenvalue weighted by Gasteiger charge is -2.28. The molecule has 0 aliphatic carbocycles. The maximum atomic E-state index is 12.3. The van der Waals surface area contributed by atoms with Crippen molar-refractivity contribution >= 4 is 17.6 Å². The van der Waals surface area contributed by atoms with Crippen LogP contribution in [0.4, 0.5) is 10.5 Å². The van der Waals surface area contributed by atoms with Crippen molar-refractivity contribution in [2.75, 3.05) is 45.2 Å². The number of amides is 3. The molecule has 1 saturated heterocycles. The zero-order valence-corrected chi connectivity index (χ0v) is 12.6. The van der Waals surface area contributed by atoms with Crippen LogP contribution in [0.3, 0.4) is 0 Å². The van der Waals surface area contributed by atoms with Crippen LogP contribution in [0.25, 0.3) is 0 Å². The van der Waals surface area contributed by atoms with Crippen molar-refractivity contribution in [3.63, 3.8) is 0 Å². The third-order valence-corrected chi connectivity index (χ3v) is 3.53. The zero-order chi connectivity index (χ0) is 15.2. The number of nitrogens with zero attached hydrogens (tertiary/aromatic N) is 2. The molecule has 0 atom stereocenters. The van der Waals surface area contributed by atoms with Crippen molar-refractivity contribution in [3.05, 3.63) is 29.8 Å². The molecule has 3 amide bonds. The molecule has 1 heterocycles. The Morgan fingerprint density at radius 1 is 1.48 bits per heavy atom. The van der Waals surface area contributed by atoms with Crippen LogP contribution in [-0.2, 0) is 0 Å². The number of hydrogen-bond donors (Lipinski definition) is 2. The minimum atomic E-state index is -0.102. The molecule has 0 spiro atoms. The second kappa shape index (κ2) is 7.08. The van der Waals surface area contributed by atoms with Crippen molar-refractivity contribution in [3.8, 4) is 0 Å². The first-order valence-electron chi connectivity index (χ1n) is 7.19. The average Bonchev–Trinajstić information content (AvgIpc) is 2.52. The molecule has 0 radical (unpaired) electrons. The van der Waals surface area contributed by atoms with Gasteiger partial charge < -0.3 is 15.5 Å². The van der Waals surface area contributed by atoms with Gasteiger partial charge in [-0.25, -0.2) is 4.79 Å².